The van der Waals surface area contributed by atoms with Gasteiger partial charge in [0.15, 0.2) is 0 Å². The molecule has 1 aromatic heterocycles. The molecule has 41 heavy (non-hydrogen) atoms. The summed E-state index contributed by atoms with van der Waals surface area (Å²) >= 11 is 1.84. The normalized spacial score (nSPS) is 23.9. The van der Waals surface area contributed by atoms with E-state index in [2.05, 4.69) is 29.4 Å². The van der Waals surface area contributed by atoms with Gasteiger partial charge in [0.05, 0.1) is 5.52 Å². The second-order valence-electron chi connectivity index (χ2n) is 12.6. The lowest BCUT2D eigenvalue weighted by atomic mass is 9.81. The molecule has 3 fully saturated rings. The highest BCUT2D eigenvalue weighted by molar-refractivity contribution is 7.99. The predicted molar refractivity (Wildman–Crippen MR) is 162 cm³/mol. The topological polar surface area (TPSA) is 61.7 Å². The number of hydrogen-bond acceptors (Lipinski definition) is 6. The van der Waals surface area contributed by atoms with Gasteiger partial charge in [0.1, 0.15) is 11.6 Å². The number of hydrogen-bond donors (Lipinski definition) is 0. The van der Waals surface area contributed by atoms with Crippen LogP contribution in [0.5, 0.6) is 0 Å². The highest BCUT2D eigenvalue weighted by Gasteiger charge is 2.50. The molecule has 2 atom stereocenters. The largest absolute Gasteiger partial charge is 0.352 e. The Bertz CT molecular complexity index is 1610. The molecule has 9 heteroatoms. The average molecular weight is 574 g/mol. The van der Waals surface area contributed by atoms with E-state index in [0.29, 0.717) is 31.5 Å². The summed E-state index contributed by atoms with van der Waals surface area (Å²) in [4.78, 5) is 39.0. The SMILES string of the molecule is C=CC(=O)N1[C@H](C)CN(c2nc(=O)n3c4c(c(-c5ccc(F)cc5)c(C)cc24)SCC2(CN(C4CC4)C2)C3)C[C@@H]1C. The zero-order valence-corrected chi connectivity index (χ0v) is 24.7. The van der Waals surface area contributed by atoms with E-state index >= 15 is 0 Å². The van der Waals surface area contributed by atoms with Gasteiger partial charge in [-0.05, 0) is 69.0 Å². The van der Waals surface area contributed by atoms with Crippen LogP contribution in [-0.4, -0.2) is 75.3 Å². The van der Waals surface area contributed by atoms with Crippen LogP contribution in [0.3, 0.4) is 0 Å². The molecule has 1 saturated carbocycles. The van der Waals surface area contributed by atoms with Gasteiger partial charge in [0.25, 0.3) is 0 Å². The minimum Gasteiger partial charge on any atom is -0.352 e. The summed E-state index contributed by atoms with van der Waals surface area (Å²) in [7, 11) is 0. The fourth-order valence-corrected chi connectivity index (χ4v) is 8.88. The van der Waals surface area contributed by atoms with Crippen molar-refractivity contribution >= 4 is 34.4 Å². The van der Waals surface area contributed by atoms with Crippen molar-refractivity contribution in [2.75, 3.05) is 36.8 Å². The number of aromatic nitrogens is 2. The molecule has 0 radical (unpaired) electrons. The molecule has 3 aliphatic heterocycles. The van der Waals surface area contributed by atoms with Crippen LogP contribution in [0.15, 0.2) is 52.7 Å². The van der Waals surface area contributed by atoms with Crippen LogP contribution in [0.2, 0.25) is 0 Å². The van der Waals surface area contributed by atoms with Crippen molar-refractivity contribution in [3.63, 3.8) is 0 Å². The van der Waals surface area contributed by atoms with Crippen LogP contribution in [-0.2, 0) is 11.3 Å². The van der Waals surface area contributed by atoms with Crippen molar-refractivity contribution in [1.82, 2.24) is 19.4 Å². The number of piperazine rings is 1. The summed E-state index contributed by atoms with van der Waals surface area (Å²) in [6, 6.07) is 9.44. The van der Waals surface area contributed by atoms with Crippen LogP contribution >= 0.6 is 11.8 Å². The van der Waals surface area contributed by atoms with E-state index in [4.69, 9.17) is 4.98 Å². The Morgan fingerprint density at radius 1 is 1.12 bits per heavy atom. The van der Waals surface area contributed by atoms with E-state index in [1.165, 1.54) is 31.1 Å². The number of nitrogens with zero attached hydrogens (tertiary/aromatic N) is 5. The monoisotopic (exact) mass is 573 g/mol. The Balaban J connectivity index is 1.38. The third-order valence-corrected chi connectivity index (χ3v) is 10.8. The van der Waals surface area contributed by atoms with Crippen LogP contribution in [0.4, 0.5) is 10.2 Å². The third-order valence-electron chi connectivity index (χ3n) is 9.33. The quantitative estimate of drug-likeness (QED) is 0.422. The van der Waals surface area contributed by atoms with E-state index in [1.807, 2.05) is 47.2 Å². The van der Waals surface area contributed by atoms with Gasteiger partial charge in [-0.25, -0.2) is 9.18 Å². The summed E-state index contributed by atoms with van der Waals surface area (Å²) in [6.45, 7) is 13.7. The molecule has 0 unspecified atom stereocenters. The number of halogens is 1. The summed E-state index contributed by atoms with van der Waals surface area (Å²) in [5.74, 6) is 1.27. The lowest BCUT2D eigenvalue weighted by molar-refractivity contribution is -0.130. The van der Waals surface area contributed by atoms with Crippen molar-refractivity contribution < 1.29 is 9.18 Å². The summed E-state index contributed by atoms with van der Waals surface area (Å²) in [6.07, 6.45) is 3.93. The highest BCUT2D eigenvalue weighted by atomic mass is 32.2. The van der Waals surface area contributed by atoms with Gasteiger partial charge >= 0.3 is 5.69 Å². The molecule has 2 aromatic carbocycles. The molecular weight excluding hydrogens is 537 g/mol. The number of likely N-dealkylation sites (tertiary alicyclic amines) is 1. The van der Waals surface area contributed by atoms with E-state index in [-0.39, 0.29) is 34.9 Å². The second-order valence-corrected chi connectivity index (χ2v) is 13.6. The Labute approximate surface area is 244 Å². The number of carbonyl (C=O) groups excluding carboxylic acids is 1. The Morgan fingerprint density at radius 2 is 1.80 bits per heavy atom. The lowest BCUT2D eigenvalue weighted by Crippen LogP contribution is -2.60. The Hall–Kier alpha value is -3.17. The molecule has 7 rings (SSSR count). The molecule has 4 aliphatic rings. The molecule has 0 bridgehead atoms. The first kappa shape index (κ1) is 26.7. The lowest BCUT2D eigenvalue weighted by Gasteiger charge is -2.50. The van der Waals surface area contributed by atoms with E-state index in [0.717, 1.165) is 51.3 Å². The molecule has 3 aromatic rings. The van der Waals surface area contributed by atoms with Crippen molar-refractivity contribution in [1.29, 1.82) is 0 Å². The van der Waals surface area contributed by atoms with Gasteiger partial charge in [-0.1, -0.05) is 18.7 Å². The maximum atomic E-state index is 14.0. The minimum atomic E-state index is -0.264. The number of amides is 1. The third kappa shape index (κ3) is 4.39. The Kier molecular flexibility index (Phi) is 6.32. The number of benzene rings is 2. The van der Waals surface area contributed by atoms with Gasteiger partial charge in [0, 0.05) is 77.9 Å². The number of anilines is 1. The zero-order valence-electron chi connectivity index (χ0n) is 23.9. The van der Waals surface area contributed by atoms with Crippen molar-refractivity contribution in [2.45, 2.75) is 63.2 Å². The van der Waals surface area contributed by atoms with E-state index in [9.17, 15) is 14.0 Å². The molecule has 1 aliphatic carbocycles. The zero-order chi connectivity index (χ0) is 28.6. The standard InChI is InChI=1S/C32H36FN5O2S/c1-5-26(39)38-20(3)13-35(14-21(38)4)30-25-12-19(2)27(22-6-8-23(33)9-7-22)29-28(25)37(31(40)34-30)17-32(18-41-29)15-36(16-32)24-10-11-24/h5-9,12,20-21,24H,1,10-11,13-18H2,2-4H3/t20-,21+. The first-order valence-corrected chi connectivity index (χ1v) is 15.6. The molecule has 4 heterocycles. The molecule has 1 amide bonds. The van der Waals surface area contributed by atoms with Crippen molar-refractivity contribution in [3.05, 3.63) is 64.9 Å². The number of aryl methyl sites for hydroxylation is 1. The van der Waals surface area contributed by atoms with Crippen LogP contribution in [0.25, 0.3) is 22.0 Å². The summed E-state index contributed by atoms with van der Waals surface area (Å²) < 4.78 is 15.8. The first-order chi connectivity index (χ1) is 19.7. The van der Waals surface area contributed by atoms with Gasteiger partial charge in [0.2, 0.25) is 5.91 Å². The van der Waals surface area contributed by atoms with Crippen molar-refractivity contribution in [2.24, 2.45) is 5.41 Å². The Morgan fingerprint density at radius 3 is 2.44 bits per heavy atom. The van der Waals surface area contributed by atoms with Crippen LogP contribution in [0, 0.1) is 18.2 Å². The van der Waals surface area contributed by atoms with Gasteiger partial charge in [-0.2, -0.15) is 4.98 Å². The average Bonchev–Trinajstić information content (AvgIpc) is 3.77. The fourth-order valence-electron chi connectivity index (χ4n) is 7.37. The maximum Gasteiger partial charge on any atom is 0.350 e. The van der Waals surface area contributed by atoms with Gasteiger partial charge in [-0.3, -0.25) is 14.3 Å². The minimum absolute atomic E-state index is 0.0277. The molecular formula is C32H36FN5O2S. The summed E-state index contributed by atoms with van der Waals surface area (Å²) in [5.41, 5.74) is 3.83. The molecule has 7 nitrogen and oxygen atoms in total. The number of carbonyl (C=O) groups is 1. The van der Waals surface area contributed by atoms with E-state index in [1.54, 1.807) is 0 Å². The van der Waals surface area contributed by atoms with Gasteiger partial charge < -0.3 is 9.80 Å². The van der Waals surface area contributed by atoms with E-state index < -0.39 is 0 Å². The predicted octanol–water partition coefficient (Wildman–Crippen LogP) is 4.69. The first-order valence-electron chi connectivity index (χ1n) is 14.6. The molecule has 214 valence electrons. The molecule has 1 spiro atoms. The van der Waals surface area contributed by atoms with Crippen LogP contribution in [0.1, 0.15) is 32.3 Å². The maximum absolute atomic E-state index is 14.0. The molecule has 2 saturated heterocycles. The number of thioether (sulfide) groups is 1. The van der Waals surface area contributed by atoms with Gasteiger partial charge in [-0.15, -0.1) is 11.8 Å². The fraction of sp³-hybridized carbons (Fsp3) is 0.469. The summed E-state index contributed by atoms with van der Waals surface area (Å²) in [5, 5.41) is 0.966. The smallest absolute Gasteiger partial charge is 0.350 e. The van der Waals surface area contributed by atoms with Crippen LogP contribution < -0.4 is 10.6 Å². The number of rotatable bonds is 4. The highest BCUT2D eigenvalue weighted by Crippen LogP contribution is 2.50. The van der Waals surface area contributed by atoms with Crippen molar-refractivity contribution in [3.8, 4) is 11.1 Å². The second kappa shape index (κ2) is 9.70. The molecule has 0 N–H and O–H groups in total.